The summed E-state index contributed by atoms with van der Waals surface area (Å²) in [7, 11) is -3.24. The number of halogens is 1. The number of carbonyl (C=O) groups excluding carboxylic acids is 1. The molecule has 0 aliphatic carbocycles. The summed E-state index contributed by atoms with van der Waals surface area (Å²) >= 11 is 5.93. The lowest BCUT2D eigenvalue weighted by atomic mass is 9.95. The third kappa shape index (κ3) is 6.02. The summed E-state index contributed by atoms with van der Waals surface area (Å²) in [6.07, 6.45) is 2.66. The summed E-state index contributed by atoms with van der Waals surface area (Å²) in [6, 6.07) is 13.7. The van der Waals surface area contributed by atoms with Gasteiger partial charge in [-0.05, 0) is 74.8 Å². The van der Waals surface area contributed by atoms with Crippen molar-refractivity contribution in [2.24, 2.45) is 5.92 Å². The first-order valence-electron chi connectivity index (χ1n) is 11.1. The number of piperidine rings is 1. The van der Waals surface area contributed by atoms with Crippen LogP contribution in [-0.2, 0) is 21.2 Å². The lowest BCUT2D eigenvalue weighted by Crippen LogP contribution is -2.40. The summed E-state index contributed by atoms with van der Waals surface area (Å²) in [6.45, 7) is 3.96. The smallest absolute Gasteiger partial charge is 0.241 e. The molecule has 0 radical (unpaired) electrons. The molecule has 10 heteroatoms. The van der Waals surface area contributed by atoms with Gasteiger partial charge in [-0.25, -0.2) is 8.42 Å². The average Bonchev–Trinajstić information content (AvgIpc) is 3.28. The van der Waals surface area contributed by atoms with Crippen molar-refractivity contribution in [1.29, 1.82) is 0 Å². The number of amides is 1. The van der Waals surface area contributed by atoms with Gasteiger partial charge in [-0.3, -0.25) is 9.69 Å². The van der Waals surface area contributed by atoms with Crippen molar-refractivity contribution in [1.82, 2.24) is 20.4 Å². The first-order chi connectivity index (χ1) is 16.2. The molecule has 8 nitrogen and oxygen atoms in total. The molecule has 1 saturated heterocycles. The number of hydrogen-bond donors (Lipinski definition) is 1. The van der Waals surface area contributed by atoms with E-state index in [0.717, 1.165) is 37.1 Å². The van der Waals surface area contributed by atoms with Crippen LogP contribution in [0.3, 0.4) is 0 Å². The van der Waals surface area contributed by atoms with E-state index in [0.29, 0.717) is 23.3 Å². The normalized spacial score (nSPS) is 16.3. The maximum absolute atomic E-state index is 12.8. The minimum atomic E-state index is -3.24. The number of rotatable bonds is 7. The van der Waals surface area contributed by atoms with Crippen molar-refractivity contribution in [3.05, 3.63) is 65.0 Å². The fourth-order valence-electron chi connectivity index (χ4n) is 4.00. The molecule has 1 aliphatic rings. The zero-order valence-electron chi connectivity index (χ0n) is 19.1. The van der Waals surface area contributed by atoms with Gasteiger partial charge in [-0.2, -0.15) is 4.98 Å². The monoisotopic (exact) mass is 502 g/mol. The van der Waals surface area contributed by atoms with Crippen LogP contribution in [0.4, 0.5) is 0 Å². The van der Waals surface area contributed by atoms with Crippen LogP contribution in [0.15, 0.2) is 57.9 Å². The number of nitrogens with one attached hydrogen (secondary N) is 1. The SMILES string of the molecule is CC(NC(=O)C1CCN(Cc2nc(-c3ccc(Cl)cc3)no2)CC1)c1ccc(S(C)(=O)=O)cc1. The first kappa shape index (κ1) is 24.4. The molecule has 1 amide bonds. The third-order valence-corrected chi connectivity index (χ3v) is 7.44. The Labute approximate surface area is 204 Å². The van der Waals surface area contributed by atoms with Crippen LogP contribution in [0, 0.1) is 5.92 Å². The van der Waals surface area contributed by atoms with E-state index in [2.05, 4.69) is 20.4 Å². The maximum Gasteiger partial charge on any atom is 0.241 e. The van der Waals surface area contributed by atoms with Crippen LogP contribution in [-0.4, -0.2) is 48.7 Å². The summed E-state index contributed by atoms with van der Waals surface area (Å²) in [5, 5.41) is 7.76. The van der Waals surface area contributed by atoms with Crippen LogP contribution >= 0.6 is 11.6 Å². The molecule has 1 fully saturated rings. The molecular formula is C24H27ClN4O4S. The molecule has 34 heavy (non-hydrogen) atoms. The van der Waals surface area contributed by atoms with E-state index < -0.39 is 9.84 Å². The number of hydrogen-bond acceptors (Lipinski definition) is 7. The van der Waals surface area contributed by atoms with E-state index in [-0.39, 0.29) is 22.8 Å². The van der Waals surface area contributed by atoms with Gasteiger partial charge in [0.2, 0.25) is 17.6 Å². The van der Waals surface area contributed by atoms with E-state index in [1.165, 1.54) is 6.26 Å². The standard InChI is InChI=1S/C24H27ClN4O4S/c1-16(17-5-9-21(10-6-17)34(2,31)32)26-24(30)19-11-13-29(14-12-19)15-22-27-23(28-33-22)18-3-7-20(25)8-4-18/h3-10,16,19H,11-15H2,1-2H3,(H,26,30). The highest BCUT2D eigenvalue weighted by molar-refractivity contribution is 7.90. The van der Waals surface area contributed by atoms with E-state index in [1.807, 2.05) is 19.1 Å². The van der Waals surface area contributed by atoms with Crippen molar-refractivity contribution in [3.63, 3.8) is 0 Å². The number of likely N-dealkylation sites (tertiary alicyclic amines) is 1. The lowest BCUT2D eigenvalue weighted by molar-refractivity contribution is -0.127. The Hall–Kier alpha value is -2.75. The van der Waals surface area contributed by atoms with Crippen LogP contribution < -0.4 is 5.32 Å². The largest absolute Gasteiger partial charge is 0.349 e. The molecule has 3 aromatic rings. The number of benzene rings is 2. The average molecular weight is 503 g/mol. The molecule has 0 spiro atoms. The van der Waals surface area contributed by atoms with Crippen LogP contribution in [0.25, 0.3) is 11.4 Å². The Morgan fingerprint density at radius 2 is 1.79 bits per heavy atom. The molecular weight excluding hydrogens is 476 g/mol. The van der Waals surface area contributed by atoms with Gasteiger partial charge in [0.15, 0.2) is 9.84 Å². The molecule has 180 valence electrons. The van der Waals surface area contributed by atoms with Crippen molar-refractivity contribution in [2.45, 2.75) is 37.2 Å². The quantitative estimate of drug-likeness (QED) is 0.522. The molecule has 1 unspecified atom stereocenters. The molecule has 1 N–H and O–H groups in total. The molecule has 2 aromatic carbocycles. The van der Waals surface area contributed by atoms with Crippen LogP contribution in [0.2, 0.25) is 5.02 Å². The lowest BCUT2D eigenvalue weighted by Gasteiger charge is -2.30. The molecule has 2 heterocycles. The van der Waals surface area contributed by atoms with Gasteiger partial charge in [0.25, 0.3) is 0 Å². The second-order valence-corrected chi connectivity index (χ2v) is 11.1. The highest BCUT2D eigenvalue weighted by Gasteiger charge is 2.27. The predicted molar refractivity (Wildman–Crippen MR) is 129 cm³/mol. The minimum Gasteiger partial charge on any atom is -0.349 e. The number of nitrogens with zero attached hydrogens (tertiary/aromatic N) is 3. The fourth-order valence-corrected chi connectivity index (χ4v) is 4.75. The van der Waals surface area contributed by atoms with Crippen molar-refractivity contribution >= 4 is 27.3 Å². The first-order valence-corrected chi connectivity index (χ1v) is 13.4. The highest BCUT2D eigenvalue weighted by atomic mass is 35.5. The Balaban J connectivity index is 1.26. The van der Waals surface area contributed by atoms with Gasteiger partial charge in [0, 0.05) is 22.8 Å². The Morgan fingerprint density at radius 1 is 1.15 bits per heavy atom. The number of carbonyl (C=O) groups is 1. The Bertz CT molecular complexity index is 1230. The molecule has 1 aromatic heterocycles. The molecule has 1 atom stereocenters. The van der Waals surface area contributed by atoms with Crippen molar-refractivity contribution in [2.75, 3.05) is 19.3 Å². The minimum absolute atomic E-state index is 0.0159. The molecule has 4 rings (SSSR count). The summed E-state index contributed by atoms with van der Waals surface area (Å²) in [5.41, 5.74) is 1.71. The van der Waals surface area contributed by atoms with Gasteiger partial charge in [0.1, 0.15) is 0 Å². The third-order valence-electron chi connectivity index (χ3n) is 6.05. The van der Waals surface area contributed by atoms with E-state index in [4.69, 9.17) is 16.1 Å². The Kier molecular flexibility index (Phi) is 7.35. The predicted octanol–water partition coefficient (Wildman–Crippen LogP) is 3.88. The summed E-state index contributed by atoms with van der Waals surface area (Å²) in [4.78, 5) is 19.7. The second-order valence-electron chi connectivity index (χ2n) is 8.64. The molecule has 0 saturated carbocycles. The zero-order valence-corrected chi connectivity index (χ0v) is 20.6. The van der Waals surface area contributed by atoms with Crippen LogP contribution in [0.1, 0.15) is 37.3 Å². The topological polar surface area (TPSA) is 105 Å². The Morgan fingerprint density at radius 3 is 2.41 bits per heavy atom. The second kappa shape index (κ2) is 10.2. The summed E-state index contributed by atoms with van der Waals surface area (Å²) in [5.74, 6) is 1.02. The van der Waals surface area contributed by atoms with Crippen LogP contribution in [0.5, 0.6) is 0 Å². The number of sulfone groups is 1. The van der Waals surface area contributed by atoms with Crippen molar-refractivity contribution < 1.29 is 17.7 Å². The van der Waals surface area contributed by atoms with Gasteiger partial charge in [0.05, 0.1) is 17.5 Å². The molecule has 0 bridgehead atoms. The van der Waals surface area contributed by atoms with E-state index >= 15 is 0 Å². The van der Waals surface area contributed by atoms with E-state index in [1.54, 1.807) is 36.4 Å². The maximum atomic E-state index is 12.8. The van der Waals surface area contributed by atoms with Crippen molar-refractivity contribution in [3.8, 4) is 11.4 Å². The van der Waals surface area contributed by atoms with Gasteiger partial charge in [-0.15, -0.1) is 0 Å². The van der Waals surface area contributed by atoms with E-state index in [9.17, 15) is 13.2 Å². The fraction of sp³-hybridized carbons (Fsp3) is 0.375. The molecule has 1 aliphatic heterocycles. The zero-order chi connectivity index (χ0) is 24.3. The summed E-state index contributed by atoms with van der Waals surface area (Å²) < 4.78 is 28.7. The van der Waals surface area contributed by atoms with Gasteiger partial charge < -0.3 is 9.84 Å². The highest BCUT2D eigenvalue weighted by Crippen LogP contribution is 2.23. The van der Waals surface area contributed by atoms with Gasteiger partial charge >= 0.3 is 0 Å². The number of aromatic nitrogens is 2. The van der Waals surface area contributed by atoms with Gasteiger partial charge in [-0.1, -0.05) is 28.9 Å².